The maximum atomic E-state index is 3.90. The van der Waals surface area contributed by atoms with E-state index in [1.807, 2.05) is 12.4 Å². The zero-order chi connectivity index (χ0) is 5.82. The van der Waals surface area contributed by atoms with Crippen molar-refractivity contribution in [3.63, 3.8) is 0 Å². The van der Waals surface area contributed by atoms with Gasteiger partial charge in [-0.05, 0) is 0 Å². The summed E-state index contributed by atoms with van der Waals surface area (Å²) >= 11 is 0.282. The predicted molar refractivity (Wildman–Crippen MR) is 33.6 cm³/mol. The van der Waals surface area contributed by atoms with Crippen molar-refractivity contribution < 1.29 is 19.2 Å². The Bertz CT molecular complexity index is 154. The van der Waals surface area contributed by atoms with Crippen LogP contribution in [0.1, 0.15) is 0 Å². The van der Waals surface area contributed by atoms with Crippen LogP contribution in [0.2, 0.25) is 0 Å². The summed E-state index contributed by atoms with van der Waals surface area (Å²) in [4.78, 5) is 3.90. The van der Waals surface area contributed by atoms with Crippen molar-refractivity contribution in [2.75, 3.05) is 0 Å². The van der Waals surface area contributed by atoms with E-state index in [1.54, 1.807) is 0 Å². The van der Waals surface area contributed by atoms with Gasteiger partial charge in [-0.3, -0.25) is 0 Å². The second-order valence-electron chi connectivity index (χ2n) is 1.21. The topological polar surface area (TPSA) is 12.9 Å². The van der Waals surface area contributed by atoms with Gasteiger partial charge < -0.3 is 0 Å². The van der Waals surface area contributed by atoms with Gasteiger partial charge in [-0.1, -0.05) is 0 Å². The molecule has 0 amide bonds. The second-order valence-corrected chi connectivity index (χ2v) is 4.51. The van der Waals surface area contributed by atoms with E-state index in [4.69, 9.17) is 0 Å². The summed E-state index contributed by atoms with van der Waals surface area (Å²) in [5.41, 5.74) is 0. The van der Waals surface area contributed by atoms with Crippen molar-refractivity contribution in [1.29, 1.82) is 0 Å². The molecule has 1 unspecified atom stereocenters. The molecule has 3 heteroatoms. The van der Waals surface area contributed by atoms with E-state index >= 15 is 0 Å². The van der Waals surface area contributed by atoms with Crippen LogP contribution in [-0.4, -0.2) is 4.98 Å². The molecule has 1 aromatic heterocycles. The van der Waals surface area contributed by atoms with Gasteiger partial charge >= 0.3 is 59.6 Å². The first-order valence-corrected chi connectivity index (χ1v) is 7.27. The monoisotopic (exact) mass is 308 g/mol. The van der Waals surface area contributed by atoms with Gasteiger partial charge in [0.15, 0.2) is 0 Å². The van der Waals surface area contributed by atoms with Gasteiger partial charge in [0.25, 0.3) is 0 Å². The molecule has 0 N–H and O–H groups in total. The molecule has 1 rings (SSSR count). The van der Waals surface area contributed by atoms with Gasteiger partial charge in [0.1, 0.15) is 0 Å². The van der Waals surface area contributed by atoms with Crippen LogP contribution in [0.3, 0.4) is 0 Å². The van der Waals surface area contributed by atoms with Gasteiger partial charge in [-0.25, -0.2) is 0 Å². The number of pyridine rings is 1. The molecule has 8 heavy (non-hydrogen) atoms. The van der Waals surface area contributed by atoms with Crippen LogP contribution in [-0.2, 0) is 19.2 Å². The molecule has 47 valence electrons. The minimum absolute atomic E-state index is 0.282. The normalized spacial score (nSPS) is 9.62. The van der Waals surface area contributed by atoms with E-state index in [0.717, 1.165) is 0 Å². The zero-order valence-corrected chi connectivity index (χ0v) is 7.46. The third-order valence-corrected chi connectivity index (χ3v) is 3.80. The van der Waals surface area contributed by atoms with E-state index in [2.05, 4.69) is 24.2 Å². The number of rotatable bonds is 1. The van der Waals surface area contributed by atoms with Crippen molar-refractivity contribution in [3.05, 3.63) is 24.5 Å². The Balaban J connectivity index is 2.83. The summed E-state index contributed by atoms with van der Waals surface area (Å²) in [5.74, 6) is 0. The summed E-state index contributed by atoms with van der Waals surface area (Å²) in [6.07, 6.45) is 3.66. The van der Waals surface area contributed by atoms with Crippen LogP contribution in [0.5, 0.6) is 0 Å². The van der Waals surface area contributed by atoms with Gasteiger partial charge in [-0.15, -0.1) is 0 Å². The summed E-state index contributed by atoms with van der Waals surface area (Å²) in [6.45, 7) is 0. The third-order valence-electron chi connectivity index (χ3n) is 0.715. The van der Waals surface area contributed by atoms with Crippen molar-refractivity contribution in [2.24, 2.45) is 0 Å². The van der Waals surface area contributed by atoms with E-state index in [1.165, 1.54) is 3.78 Å². The van der Waals surface area contributed by atoms with Crippen LogP contribution in [0.4, 0.5) is 0 Å². The Morgan fingerprint density at radius 2 is 2.00 bits per heavy atom. The Kier molecular flexibility index (Phi) is 2.71. The fourth-order valence-electron chi connectivity index (χ4n) is 0.380. The molecule has 0 saturated carbocycles. The molecule has 1 nitrogen and oxygen atoms in total. The molecule has 0 saturated heterocycles. The van der Waals surface area contributed by atoms with Crippen molar-refractivity contribution in [1.82, 2.24) is 4.98 Å². The fraction of sp³-hybridized carbons (Fsp3) is 0. The average Bonchev–Trinajstić information content (AvgIpc) is 1.90. The van der Waals surface area contributed by atoms with E-state index in [0.29, 0.717) is 0 Å². The first kappa shape index (κ1) is 6.44. The minimum atomic E-state index is 0.282. The molecular formula is C5H6AuNP. The molecule has 0 bridgehead atoms. The third kappa shape index (κ3) is 1.68. The van der Waals surface area contributed by atoms with E-state index < -0.39 is 0 Å². The van der Waals surface area contributed by atoms with Crippen LogP contribution >= 0.6 is 7.13 Å². The number of aromatic nitrogens is 1. The first-order chi connectivity index (χ1) is 3.93. The Hall–Kier alpha value is 0.320. The summed E-state index contributed by atoms with van der Waals surface area (Å²) < 4.78 is 1.41. The molecule has 0 aliphatic heterocycles. The molecule has 0 radical (unpaired) electrons. The van der Waals surface area contributed by atoms with Crippen molar-refractivity contribution in [2.45, 2.75) is 0 Å². The quantitative estimate of drug-likeness (QED) is 0.546. The maximum absolute atomic E-state index is 3.90. The average molecular weight is 308 g/mol. The summed E-state index contributed by atoms with van der Waals surface area (Å²) in [5, 5.41) is 0. The molecule has 0 spiro atoms. The zero-order valence-electron chi connectivity index (χ0n) is 4.14. The van der Waals surface area contributed by atoms with Gasteiger partial charge in [0.05, 0.1) is 0 Å². The second kappa shape index (κ2) is 3.37. The summed E-state index contributed by atoms with van der Waals surface area (Å²) in [7, 11) is 2.76. The molecule has 1 heterocycles. The standard InChI is InChI=1S/C5H4N.Au.H2P/c1-2-4-6-5-3-1;;/h2-5H;;1H2/q;+1;-1. The van der Waals surface area contributed by atoms with Crippen molar-refractivity contribution >= 4 is 10.9 Å². The molecule has 0 aromatic carbocycles. The molecular weight excluding hydrogens is 302 g/mol. The molecule has 0 aliphatic rings. The van der Waals surface area contributed by atoms with Gasteiger partial charge in [0.2, 0.25) is 0 Å². The molecule has 1 aromatic rings. The predicted octanol–water partition coefficient (Wildman–Crippen LogP) is 0.580. The number of hydrogen-bond acceptors (Lipinski definition) is 1. The van der Waals surface area contributed by atoms with Crippen LogP contribution < -0.4 is 3.78 Å². The van der Waals surface area contributed by atoms with Crippen LogP contribution in [0.25, 0.3) is 0 Å². The van der Waals surface area contributed by atoms with Crippen LogP contribution in [0, 0.1) is 0 Å². The molecule has 0 aliphatic carbocycles. The Morgan fingerprint density at radius 1 is 1.38 bits per heavy atom. The van der Waals surface area contributed by atoms with Crippen molar-refractivity contribution in [3.8, 4) is 0 Å². The van der Waals surface area contributed by atoms with Crippen LogP contribution in [0.15, 0.2) is 24.5 Å². The fourth-order valence-corrected chi connectivity index (χ4v) is 2.07. The SMILES string of the molecule is [PH2][Au][c]1ccncc1. The molecule has 1 atom stereocenters. The Labute approximate surface area is 59.8 Å². The molecule has 0 fully saturated rings. The first-order valence-electron chi connectivity index (χ1n) is 2.09. The Morgan fingerprint density at radius 3 is 2.38 bits per heavy atom. The van der Waals surface area contributed by atoms with Gasteiger partial charge in [0, 0.05) is 0 Å². The summed E-state index contributed by atoms with van der Waals surface area (Å²) in [6, 6.07) is 4.10. The number of nitrogens with zero attached hydrogens (tertiary/aromatic N) is 1. The van der Waals surface area contributed by atoms with E-state index in [-0.39, 0.29) is 19.2 Å². The van der Waals surface area contributed by atoms with E-state index in [9.17, 15) is 0 Å². The van der Waals surface area contributed by atoms with Gasteiger partial charge in [-0.2, -0.15) is 0 Å². The number of hydrogen-bond donors (Lipinski definition) is 0.